The minimum Gasteiger partial charge on any atom is -0.480 e. The molecule has 0 aromatic heterocycles. The van der Waals surface area contributed by atoms with Gasteiger partial charge in [0.15, 0.2) is 0 Å². The Kier molecular flexibility index (Phi) is 6.17. The van der Waals surface area contributed by atoms with Crippen LogP contribution in [-0.4, -0.2) is 84.2 Å². The number of methoxy groups -OCH3 is 1. The Bertz CT molecular complexity index is 490. The van der Waals surface area contributed by atoms with E-state index < -0.39 is 11.5 Å². The van der Waals surface area contributed by atoms with Crippen molar-refractivity contribution in [3.63, 3.8) is 0 Å². The summed E-state index contributed by atoms with van der Waals surface area (Å²) in [7, 11) is 1.48. The fourth-order valence-electron chi connectivity index (χ4n) is 3.66. The molecule has 2 rings (SSSR count). The second-order valence-electron chi connectivity index (χ2n) is 6.64. The van der Waals surface area contributed by atoms with Gasteiger partial charge in [0.2, 0.25) is 11.8 Å². The van der Waals surface area contributed by atoms with Gasteiger partial charge >= 0.3 is 5.97 Å². The van der Waals surface area contributed by atoms with Crippen molar-refractivity contribution in [2.24, 2.45) is 0 Å². The van der Waals surface area contributed by atoms with E-state index in [1.165, 1.54) is 7.11 Å². The number of hydrogen-bond acceptors (Lipinski definition) is 5. The largest absolute Gasteiger partial charge is 0.480 e. The summed E-state index contributed by atoms with van der Waals surface area (Å²) >= 11 is 0. The maximum Gasteiger partial charge on any atom is 0.326 e. The molecule has 8 heteroatoms. The Morgan fingerprint density at radius 1 is 1.25 bits per heavy atom. The summed E-state index contributed by atoms with van der Waals surface area (Å²) in [6, 6.07) is 0.0392. The van der Waals surface area contributed by atoms with Crippen molar-refractivity contribution in [2.75, 3.05) is 39.9 Å². The first-order chi connectivity index (χ1) is 11.4. The summed E-state index contributed by atoms with van der Waals surface area (Å²) in [6.45, 7) is 3.55. The van der Waals surface area contributed by atoms with Crippen LogP contribution in [0.5, 0.6) is 0 Å². The van der Waals surface area contributed by atoms with Crippen LogP contribution in [0.25, 0.3) is 0 Å². The van der Waals surface area contributed by atoms with E-state index in [9.17, 15) is 19.5 Å². The van der Waals surface area contributed by atoms with Crippen LogP contribution in [0.15, 0.2) is 0 Å². The zero-order chi connectivity index (χ0) is 17.7. The van der Waals surface area contributed by atoms with Gasteiger partial charge in [-0.3, -0.25) is 19.3 Å². The van der Waals surface area contributed by atoms with Crippen molar-refractivity contribution >= 4 is 17.8 Å². The lowest BCUT2D eigenvalue weighted by molar-refractivity contribution is -0.154. The van der Waals surface area contributed by atoms with Crippen LogP contribution in [0.4, 0.5) is 0 Å². The summed E-state index contributed by atoms with van der Waals surface area (Å²) in [5.41, 5.74) is -1.11. The SMILES string of the molecule is COCC1(C(=O)O)CCCN1CC(=O)NC1CCN(C(C)=O)CC1. The summed E-state index contributed by atoms with van der Waals surface area (Å²) in [4.78, 5) is 38.8. The highest BCUT2D eigenvalue weighted by Gasteiger charge is 2.48. The molecular formula is C16H27N3O5. The Hall–Kier alpha value is -1.67. The predicted molar refractivity (Wildman–Crippen MR) is 86.5 cm³/mol. The van der Waals surface area contributed by atoms with E-state index in [0.29, 0.717) is 26.1 Å². The number of amides is 2. The highest BCUT2D eigenvalue weighted by atomic mass is 16.5. The molecule has 8 nitrogen and oxygen atoms in total. The summed E-state index contributed by atoms with van der Waals surface area (Å²) in [5, 5.41) is 12.6. The molecule has 0 aromatic carbocycles. The molecule has 0 bridgehead atoms. The predicted octanol–water partition coefficient (Wildman–Crippen LogP) is -0.321. The van der Waals surface area contributed by atoms with Gasteiger partial charge in [0.25, 0.3) is 0 Å². The normalized spacial score (nSPS) is 25.7. The van der Waals surface area contributed by atoms with Gasteiger partial charge in [-0.25, -0.2) is 0 Å². The number of aliphatic carboxylic acids is 1. The van der Waals surface area contributed by atoms with E-state index in [1.807, 2.05) is 0 Å². The van der Waals surface area contributed by atoms with E-state index >= 15 is 0 Å². The number of carboxylic acid groups (broad SMARTS) is 1. The van der Waals surface area contributed by atoms with Gasteiger partial charge in [-0.05, 0) is 32.2 Å². The van der Waals surface area contributed by atoms with Crippen LogP contribution in [0.2, 0.25) is 0 Å². The van der Waals surface area contributed by atoms with Crippen molar-refractivity contribution in [3.8, 4) is 0 Å². The minimum atomic E-state index is -1.11. The first-order valence-corrected chi connectivity index (χ1v) is 8.41. The lowest BCUT2D eigenvalue weighted by Gasteiger charge is -2.35. The van der Waals surface area contributed by atoms with Crippen molar-refractivity contribution < 1.29 is 24.2 Å². The molecule has 1 unspecified atom stereocenters. The third-order valence-corrected chi connectivity index (χ3v) is 5.04. The fraction of sp³-hybridized carbons (Fsp3) is 0.812. The van der Waals surface area contributed by atoms with Gasteiger partial charge in [0.1, 0.15) is 5.54 Å². The number of carboxylic acids is 1. The van der Waals surface area contributed by atoms with Gasteiger partial charge < -0.3 is 20.1 Å². The molecule has 0 saturated carbocycles. The van der Waals surface area contributed by atoms with E-state index in [2.05, 4.69) is 5.32 Å². The van der Waals surface area contributed by atoms with E-state index in [4.69, 9.17) is 4.74 Å². The summed E-state index contributed by atoms with van der Waals surface area (Å²) < 4.78 is 5.09. The number of carbonyl (C=O) groups excluding carboxylic acids is 2. The quantitative estimate of drug-likeness (QED) is 0.687. The molecule has 136 valence electrons. The average Bonchev–Trinajstić information content (AvgIpc) is 2.92. The molecule has 0 radical (unpaired) electrons. The zero-order valence-electron chi connectivity index (χ0n) is 14.4. The number of hydrogen-bond donors (Lipinski definition) is 2. The topological polar surface area (TPSA) is 99.2 Å². The Morgan fingerprint density at radius 3 is 2.46 bits per heavy atom. The number of piperidine rings is 1. The first kappa shape index (κ1) is 18.7. The third kappa shape index (κ3) is 4.05. The van der Waals surface area contributed by atoms with Gasteiger partial charge in [-0.2, -0.15) is 0 Å². The van der Waals surface area contributed by atoms with E-state index in [1.54, 1.807) is 16.7 Å². The molecule has 24 heavy (non-hydrogen) atoms. The van der Waals surface area contributed by atoms with Crippen LogP contribution in [0.1, 0.15) is 32.6 Å². The number of ether oxygens (including phenoxy) is 1. The second kappa shape index (κ2) is 7.94. The molecular weight excluding hydrogens is 314 g/mol. The van der Waals surface area contributed by atoms with E-state index in [-0.39, 0.29) is 31.0 Å². The molecule has 0 aliphatic carbocycles. The zero-order valence-corrected chi connectivity index (χ0v) is 14.4. The van der Waals surface area contributed by atoms with Crippen molar-refractivity contribution in [2.45, 2.75) is 44.2 Å². The Labute approximate surface area is 142 Å². The fourth-order valence-corrected chi connectivity index (χ4v) is 3.66. The molecule has 2 saturated heterocycles. The molecule has 1 atom stereocenters. The standard InChI is InChI=1S/C16H27N3O5/c1-12(20)18-8-4-13(5-9-18)17-14(21)10-19-7-3-6-16(19,11-24-2)15(22)23/h13H,3-11H2,1-2H3,(H,17,21)(H,22,23). The third-order valence-electron chi connectivity index (χ3n) is 5.04. The maximum atomic E-state index is 12.3. The Morgan fingerprint density at radius 2 is 1.92 bits per heavy atom. The lowest BCUT2D eigenvalue weighted by atomic mass is 9.97. The first-order valence-electron chi connectivity index (χ1n) is 8.41. The van der Waals surface area contributed by atoms with Crippen LogP contribution < -0.4 is 5.32 Å². The van der Waals surface area contributed by atoms with Crippen molar-refractivity contribution in [1.29, 1.82) is 0 Å². The van der Waals surface area contributed by atoms with Gasteiger partial charge in [-0.1, -0.05) is 0 Å². The smallest absolute Gasteiger partial charge is 0.326 e. The molecule has 2 aliphatic rings. The monoisotopic (exact) mass is 341 g/mol. The van der Waals surface area contributed by atoms with Gasteiger partial charge in [-0.15, -0.1) is 0 Å². The highest BCUT2D eigenvalue weighted by molar-refractivity contribution is 5.83. The van der Waals surface area contributed by atoms with Crippen LogP contribution >= 0.6 is 0 Å². The van der Waals surface area contributed by atoms with Crippen LogP contribution in [0.3, 0.4) is 0 Å². The van der Waals surface area contributed by atoms with E-state index in [0.717, 1.165) is 19.3 Å². The van der Waals surface area contributed by atoms with Crippen molar-refractivity contribution in [3.05, 3.63) is 0 Å². The maximum absolute atomic E-state index is 12.3. The molecule has 2 amide bonds. The van der Waals surface area contributed by atoms with Crippen molar-refractivity contribution in [1.82, 2.24) is 15.1 Å². The number of carbonyl (C=O) groups is 3. The van der Waals surface area contributed by atoms with Gasteiger partial charge in [0.05, 0.1) is 13.2 Å². The van der Waals surface area contributed by atoms with Crippen LogP contribution in [0, 0.1) is 0 Å². The number of rotatable bonds is 6. The lowest BCUT2D eigenvalue weighted by Crippen LogP contribution is -2.57. The molecule has 0 spiro atoms. The summed E-state index contributed by atoms with van der Waals surface area (Å²) in [5.74, 6) is -1.05. The summed E-state index contributed by atoms with van der Waals surface area (Å²) in [6.07, 6.45) is 2.68. The average molecular weight is 341 g/mol. The molecule has 2 aliphatic heterocycles. The molecule has 2 fully saturated rings. The number of likely N-dealkylation sites (tertiary alicyclic amines) is 2. The highest BCUT2D eigenvalue weighted by Crippen LogP contribution is 2.29. The molecule has 0 aromatic rings. The number of nitrogens with zero attached hydrogens (tertiary/aromatic N) is 2. The van der Waals surface area contributed by atoms with Crippen LogP contribution in [-0.2, 0) is 19.1 Å². The Balaban J connectivity index is 1.88. The molecule has 2 N–H and O–H groups in total. The minimum absolute atomic E-state index is 0.0392. The number of nitrogens with one attached hydrogen (secondary N) is 1. The van der Waals surface area contributed by atoms with Gasteiger partial charge in [0, 0.05) is 33.2 Å². The second-order valence-corrected chi connectivity index (χ2v) is 6.64. The molecule has 2 heterocycles.